The molecule has 1 heterocycles. The van der Waals surface area contributed by atoms with Crippen molar-refractivity contribution in [3.05, 3.63) is 89.0 Å². The van der Waals surface area contributed by atoms with E-state index in [2.05, 4.69) is 18.7 Å². The number of aryl methyl sites for hydroxylation is 1. The minimum Gasteiger partial charge on any atom is -0.207 e. The van der Waals surface area contributed by atoms with Gasteiger partial charge in [-0.1, -0.05) is 53.6 Å². The number of hydrogen-bond acceptors (Lipinski definition) is 4. The number of nitrogens with zero attached hydrogens (tertiary/aromatic N) is 3. The van der Waals surface area contributed by atoms with Crippen LogP contribution in [0.5, 0.6) is 0 Å². The third-order valence-corrected chi connectivity index (χ3v) is 8.99. The minimum atomic E-state index is -3.68. The molecule has 5 nitrogen and oxygen atoms in total. The second-order valence-electron chi connectivity index (χ2n) is 8.94. The summed E-state index contributed by atoms with van der Waals surface area (Å²) < 4.78 is 28.5. The third kappa shape index (κ3) is 3.91. The highest BCUT2D eigenvalue weighted by Gasteiger charge is 2.51. The highest BCUT2D eigenvalue weighted by Crippen LogP contribution is 2.52. The molecule has 0 aromatic heterocycles. The van der Waals surface area contributed by atoms with Gasteiger partial charge in [0.2, 0.25) is 10.0 Å². The van der Waals surface area contributed by atoms with E-state index in [0.29, 0.717) is 25.1 Å². The van der Waals surface area contributed by atoms with Crippen LogP contribution in [0.1, 0.15) is 29.5 Å². The summed E-state index contributed by atoms with van der Waals surface area (Å²) in [5, 5.41) is 20.1. The summed E-state index contributed by atoms with van der Waals surface area (Å²) in [4.78, 5) is 0.273. The van der Waals surface area contributed by atoms with E-state index >= 15 is 0 Å². The second kappa shape index (κ2) is 8.98. The molecule has 2 aliphatic rings. The van der Waals surface area contributed by atoms with Crippen molar-refractivity contribution in [3.8, 4) is 12.1 Å². The number of nitriles is 2. The van der Waals surface area contributed by atoms with Crippen molar-refractivity contribution in [3.63, 3.8) is 0 Å². The first kappa shape index (κ1) is 23.0. The number of benzene rings is 2. The molecule has 2 aromatic carbocycles. The second-order valence-corrected chi connectivity index (χ2v) is 10.9. The van der Waals surface area contributed by atoms with Gasteiger partial charge in [-0.25, -0.2) is 8.42 Å². The van der Waals surface area contributed by atoms with Crippen LogP contribution in [0.25, 0.3) is 0 Å². The topological polar surface area (TPSA) is 85.0 Å². The van der Waals surface area contributed by atoms with Crippen LogP contribution in [0.4, 0.5) is 0 Å². The fourth-order valence-corrected chi connectivity index (χ4v) is 6.96. The standard InChI is InChI=1S/C27H27N3O2S/c1-4-7-20-8-5-6-9-22(20)27-24(15-29)23(14-28)19(3)25-16-30(17-26(25)27)33(31,32)21-12-10-18(2)11-13-21/h4-6,8-13,24-27H,1,7,16-17H2,2-3H3/t24-,25+,26-,27-/m1/s1. The van der Waals surface area contributed by atoms with Gasteiger partial charge in [-0.15, -0.1) is 6.58 Å². The molecule has 168 valence electrons. The Hall–Kier alpha value is -3.19. The fraction of sp³-hybridized carbons (Fsp3) is 0.333. The lowest BCUT2D eigenvalue weighted by Gasteiger charge is -2.38. The molecule has 1 aliphatic carbocycles. The summed E-state index contributed by atoms with van der Waals surface area (Å²) in [6.07, 6.45) is 2.48. The van der Waals surface area contributed by atoms with Gasteiger partial charge in [0, 0.05) is 24.6 Å². The number of allylic oxidation sites excluding steroid dienone is 2. The molecule has 4 rings (SSSR count). The molecule has 33 heavy (non-hydrogen) atoms. The van der Waals surface area contributed by atoms with E-state index in [-0.39, 0.29) is 22.6 Å². The number of fused-ring (bicyclic) bond motifs is 1. The van der Waals surface area contributed by atoms with Crippen LogP contribution in [0, 0.1) is 47.3 Å². The Bertz CT molecular complexity index is 1300. The summed E-state index contributed by atoms with van der Waals surface area (Å²) in [7, 11) is -3.68. The van der Waals surface area contributed by atoms with Crippen molar-refractivity contribution in [1.82, 2.24) is 4.31 Å². The molecule has 1 aliphatic heterocycles. The first-order valence-corrected chi connectivity index (χ1v) is 12.5. The first-order chi connectivity index (χ1) is 15.8. The molecule has 0 spiro atoms. The molecule has 0 radical (unpaired) electrons. The van der Waals surface area contributed by atoms with Crippen LogP contribution in [-0.4, -0.2) is 25.8 Å². The predicted octanol–water partition coefficient (Wildman–Crippen LogP) is 4.74. The zero-order valence-electron chi connectivity index (χ0n) is 18.9. The van der Waals surface area contributed by atoms with E-state index in [1.807, 2.05) is 44.2 Å². The molecular formula is C27H27N3O2S. The monoisotopic (exact) mass is 457 g/mol. The Morgan fingerprint density at radius 3 is 2.42 bits per heavy atom. The van der Waals surface area contributed by atoms with Crippen molar-refractivity contribution >= 4 is 10.0 Å². The zero-order chi connectivity index (χ0) is 23.8. The molecule has 1 fully saturated rings. The maximum atomic E-state index is 13.5. The fourth-order valence-electron chi connectivity index (χ4n) is 5.45. The highest BCUT2D eigenvalue weighted by molar-refractivity contribution is 7.89. The SMILES string of the molecule is C=CCc1ccccc1[C@H]1[C@@H]2CN(S(=O)(=O)c3ccc(C)cc3)C[C@H]2C(C)=C(C#N)[C@H]1C#N. The van der Waals surface area contributed by atoms with Crippen molar-refractivity contribution in [1.29, 1.82) is 10.5 Å². The van der Waals surface area contributed by atoms with Crippen LogP contribution in [0.2, 0.25) is 0 Å². The number of rotatable bonds is 5. The average Bonchev–Trinajstić information content (AvgIpc) is 3.26. The molecule has 0 unspecified atom stereocenters. The van der Waals surface area contributed by atoms with Crippen LogP contribution in [-0.2, 0) is 16.4 Å². The van der Waals surface area contributed by atoms with Gasteiger partial charge >= 0.3 is 0 Å². The summed E-state index contributed by atoms with van der Waals surface area (Å²) >= 11 is 0. The molecule has 2 aromatic rings. The molecule has 0 N–H and O–H groups in total. The molecule has 6 heteroatoms. The Kier molecular flexibility index (Phi) is 6.26. The Labute approximate surface area is 196 Å². The lowest BCUT2D eigenvalue weighted by atomic mass is 9.63. The molecule has 0 amide bonds. The maximum Gasteiger partial charge on any atom is 0.243 e. The predicted molar refractivity (Wildman–Crippen MR) is 127 cm³/mol. The van der Waals surface area contributed by atoms with E-state index in [1.165, 1.54) is 4.31 Å². The largest absolute Gasteiger partial charge is 0.243 e. The number of hydrogen-bond donors (Lipinski definition) is 0. The van der Waals surface area contributed by atoms with Crippen molar-refractivity contribution < 1.29 is 8.42 Å². The molecule has 0 bridgehead atoms. The van der Waals surface area contributed by atoms with E-state index in [1.54, 1.807) is 24.3 Å². The van der Waals surface area contributed by atoms with Crippen LogP contribution < -0.4 is 0 Å². The highest BCUT2D eigenvalue weighted by atomic mass is 32.2. The van der Waals surface area contributed by atoms with Gasteiger partial charge in [0.25, 0.3) is 0 Å². The summed E-state index contributed by atoms with van der Waals surface area (Å²) in [6, 6.07) is 19.5. The third-order valence-electron chi connectivity index (χ3n) is 7.14. The minimum absolute atomic E-state index is 0.0852. The van der Waals surface area contributed by atoms with E-state index in [9.17, 15) is 18.9 Å². The van der Waals surface area contributed by atoms with Crippen molar-refractivity contribution in [2.75, 3.05) is 13.1 Å². The molecule has 4 atom stereocenters. The van der Waals surface area contributed by atoms with Gasteiger partial charge in [0.1, 0.15) is 0 Å². The Balaban J connectivity index is 1.82. The van der Waals surface area contributed by atoms with Gasteiger partial charge in [-0.2, -0.15) is 14.8 Å². The van der Waals surface area contributed by atoms with Gasteiger partial charge in [-0.3, -0.25) is 0 Å². The van der Waals surface area contributed by atoms with Gasteiger partial charge < -0.3 is 0 Å². The maximum absolute atomic E-state index is 13.5. The van der Waals surface area contributed by atoms with Crippen molar-refractivity contribution in [2.24, 2.45) is 17.8 Å². The average molecular weight is 458 g/mol. The lowest BCUT2D eigenvalue weighted by Crippen LogP contribution is -2.34. The Morgan fingerprint density at radius 1 is 1.09 bits per heavy atom. The van der Waals surface area contributed by atoms with E-state index in [4.69, 9.17) is 0 Å². The molecular weight excluding hydrogens is 430 g/mol. The van der Waals surface area contributed by atoms with Crippen LogP contribution in [0.3, 0.4) is 0 Å². The first-order valence-electron chi connectivity index (χ1n) is 11.1. The molecule has 1 saturated heterocycles. The normalized spacial score (nSPS) is 25.2. The lowest BCUT2D eigenvalue weighted by molar-refractivity contribution is 0.319. The van der Waals surface area contributed by atoms with Crippen LogP contribution in [0.15, 0.2) is 77.2 Å². The van der Waals surface area contributed by atoms with Gasteiger partial charge in [0.15, 0.2) is 0 Å². The molecule has 0 saturated carbocycles. The van der Waals surface area contributed by atoms with E-state index in [0.717, 1.165) is 22.3 Å². The van der Waals surface area contributed by atoms with Gasteiger partial charge in [0.05, 0.1) is 23.0 Å². The zero-order valence-corrected chi connectivity index (χ0v) is 19.7. The van der Waals surface area contributed by atoms with Gasteiger partial charge in [-0.05, 0) is 55.4 Å². The Morgan fingerprint density at radius 2 is 1.79 bits per heavy atom. The summed E-state index contributed by atoms with van der Waals surface area (Å²) in [5.74, 6) is -1.05. The quantitative estimate of drug-likeness (QED) is 0.607. The van der Waals surface area contributed by atoms with Crippen molar-refractivity contribution in [2.45, 2.75) is 31.1 Å². The smallest absolute Gasteiger partial charge is 0.207 e. The summed E-state index contributed by atoms with van der Waals surface area (Å²) in [6.45, 7) is 8.30. The van der Waals surface area contributed by atoms with Crippen LogP contribution >= 0.6 is 0 Å². The summed E-state index contributed by atoms with van der Waals surface area (Å²) in [5.41, 5.74) is 4.39. The van der Waals surface area contributed by atoms with E-state index < -0.39 is 15.9 Å². The number of sulfonamides is 1.